The Kier molecular flexibility index (Phi) is 4.32. The SMILES string of the molecule is O=C(CN1CCCC2(Cc3ccccc3C2O)C1)NC1C2CC3CC(C2)CC1C3. The molecule has 5 fully saturated rings. The van der Waals surface area contributed by atoms with Crippen LogP contribution in [-0.4, -0.2) is 41.6 Å². The fourth-order valence-corrected chi connectivity index (χ4v) is 8.12. The van der Waals surface area contributed by atoms with Crippen LogP contribution in [-0.2, 0) is 11.2 Å². The lowest BCUT2D eigenvalue weighted by Crippen LogP contribution is -2.57. The summed E-state index contributed by atoms with van der Waals surface area (Å²) in [5, 5.41) is 14.6. The number of rotatable bonds is 3. The van der Waals surface area contributed by atoms with Crippen LogP contribution in [0.2, 0.25) is 0 Å². The van der Waals surface area contributed by atoms with E-state index in [1.807, 2.05) is 6.07 Å². The Morgan fingerprint density at radius 3 is 2.55 bits per heavy atom. The molecule has 29 heavy (non-hydrogen) atoms. The monoisotopic (exact) mass is 394 g/mol. The van der Waals surface area contributed by atoms with Gasteiger partial charge in [0.15, 0.2) is 0 Å². The number of nitrogens with zero attached hydrogens (tertiary/aromatic N) is 1. The molecule has 1 aromatic carbocycles. The molecular formula is C25H34N2O2. The average Bonchev–Trinajstić information content (AvgIpc) is 2.96. The first kappa shape index (κ1) is 18.4. The Bertz CT molecular complexity index is 780. The highest BCUT2D eigenvalue weighted by Gasteiger charge is 2.50. The van der Waals surface area contributed by atoms with Crippen LogP contribution in [0.3, 0.4) is 0 Å². The standard InChI is InChI=1S/C25H34N2O2/c28-22(26-23-19-9-16-8-17(11-19)12-20(23)10-16)14-27-7-3-6-25(15-27)13-18-4-1-2-5-21(18)24(25)29/h1-2,4-5,16-17,19-20,23-24,29H,3,6-15H2,(H,26,28). The van der Waals surface area contributed by atoms with E-state index in [0.29, 0.717) is 12.6 Å². The minimum atomic E-state index is -0.394. The van der Waals surface area contributed by atoms with Crippen LogP contribution < -0.4 is 5.32 Å². The zero-order valence-electron chi connectivity index (χ0n) is 17.4. The fourth-order valence-electron chi connectivity index (χ4n) is 8.12. The minimum Gasteiger partial charge on any atom is -0.388 e. The first-order valence-electron chi connectivity index (χ1n) is 11.9. The predicted molar refractivity (Wildman–Crippen MR) is 112 cm³/mol. The van der Waals surface area contributed by atoms with Crippen LogP contribution in [0.5, 0.6) is 0 Å². The number of carbonyl (C=O) groups is 1. The lowest BCUT2D eigenvalue weighted by atomic mass is 9.54. The third-order valence-corrected chi connectivity index (χ3v) is 9.08. The Labute approximate surface area is 174 Å². The largest absolute Gasteiger partial charge is 0.388 e. The number of amides is 1. The van der Waals surface area contributed by atoms with E-state index < -0.39 is 6.10 Å². The molecule has 6 aliphatic rings. The van der Waals surface area contributed by atoms with E-state index in [4.69, 9.17) is 0 Å². The Balaban J connectivity index is 1.10. The summed E-state index contributed by atoms with van der Waals surface area (Å²) in [6, 6.07) is 8.76. The van der Waals surface area contributed by atoms with Gasteiger partial charge in [0.05, 0.1) is 12.6 Å². The molecule has 1 aliphatic heterocycles. The number of nitrogens with one attached hydrogen (secondary N) is 1. The summed E-state index contributed by atoms with van der Waals surface area (Å²) in [6.45, 7) is 2.30. The second kappa shape index (κ2) is 6.81. The first-order valence-corrected chi connectivity index (χ1v) is 11.9. The number of aliphatic hydroxyl groups is 1. The molecule has 7 rings (SSSR count). The van der Waals surface area contributed by atoms with Gasteiger partial charge in [-0.25, -0.2) is 0 Å². The van der Waals surface area contributed by atoms with Crippen molar-refractivity contribution in [2.45, 2.75) is 63.5 Å². The second-order valence-corrected chi connectivity index (χ2v) is 11.0. The number of hydrogen-bond acceptors (Lipinski definition) is 3. The van der Waals surface area contributed by atoms with Crippen LogP contribution >= 0.6 is 0 Å². The molecule has 5 aliphatic carbocycles. The number of likely N-dealkylation sites (tertiary alicyclic amines) is 1. The van der Waals surface area contributed by atoms with Gasteiger partial charge in [0.1, 0.15) is 0 Å². The summed E-state index contributed by atoms with van der Waals surface area (Å²) in [5.41, 5.74) is 2.29. The molecule has 1 aromatic rings. The lowest BCUT2D eigenvalue weighted by Gasteiger charge is -2.54. The van der Waals surface area contributed by atoms with Crippen molar-refractivity contribution in [1.82, 2.24) is 10.2 Å². The van der Waals surface area contributed by atoms with Crippen molar-refractivity contribution >= 4 is 5.91 Å². The molecule has 4 heteroatoms. The van der Waals surface area contributed by atoms with E-state index in [2.05, 4.69) is 28.4 Å². The summed E-state index contributed by atoms with van der Waals surface area (Å²) in [7, 11) is 0. The van der Waals surface area contributed by atoms with Gasteiger partial charge in [-0.15, -0.1) is 0 Å². The maximum absolute atomic E-state index is 13.0. The van der Waals surface area contributed by atoms with E-state index in [-0.39, 0.29) is 11.3 Å². The number of piperidine rings is 1. The van der Waals surface area contributed by atoms with Crippen LogP contribution in [0.1, 0.15) is 62.2 Å². The average molecular weight is 395 g/mol. The normalized spacial score (nSPS) is 42.9. The van der Waals surface area contributed by atoms with Crippen molar-refractivity contribution in [1.29, 1.82) is 0 Å². The van der Waals surface area contributed by atoms with E-state index in [1.165, 1.54) is 37.7 Å². The summed E-state index contributed by atoms with van der Waals surface area (Å²) in [4.78, 5) is 15.3. The maximum atomic E-state index is 13.0. The molecule has 0 aromatic heterocycles. The zero-order chi connectivity index (χ0) is 19.6. The van der Waals surface area contributed by atoms with Gasteiger partial charge in [-0.3, -0.25) is 9.69 Å². The molecule has 2 atom stereocenters. The van der Waals surface area contributed by atoms with E-state index in [0.717, 1.165) is 61.6 Å². The van der Waals surface area contributed by atoms with Gasteiger partial charge in [-0.05, 0) is 92.7 Å². The van der Waals surface area contributed by atoms with Crippen molar-refractivity contribution in [2.75, 3.05) is 19.6 Å². The first-order chi connectivity index (χ1) is 14.1. The van der Waals surface area contributed by atoms with Gasteiger partial charge >= 0.3 is 0 Å². The summed E-state index contributed by atoms with van der Waals surface area (Å²) in [5.74, 6) is 3.56. The molecule has 4 bridgehead atoms. The molecule has 4 nitrogen and oxygen atoms in total. The zero-order valence-corrected chi connectivity index (χ0v) is 17.4. The highest BCUT2D eigenvalue weighted by atomic mass is 16.3. The van der Waals surface area contributed by atoms with Gasteiger partial charge in [0.2, 0.25) is 5.91 Å². The van der Waals surface area contributed by atoms with Crippen LogP contribution in [0.15, 0.2) is 24.3 Å². The smallest absolute Gasteiger partial charge is 0.234 e. The quantitative estimate of drug-likeness (QED) is 0.827. The highest BCUT2D eigenvalue weighted by Crippen LogP contribution is 2.54. The molecule has 2 unspecified atom stereocenters. The van der Waals surface area contributed by atoms with Gasteiger partial charge in [-0.1, -0.05) is 24.3 Å². The molecule has 1 heterocycles. The number of aliphatic hydroxyl groups excluding tert-OH is 1. The van der Waals surface area contributed by atoms with Crippen molar-refractivity contribution in [2.24, 2.45) is 29.1 Å². The van der Waals surface area contributed by atoms with Crippen molar-refractivity contribution in [3.05, 3.63) is 35.4 Å². The number of fused-ring (bicyclic) bond motifs is 1. The van der Waals surface area contributed by atoms with Crippen LogP contribution in [0.25, 0.3) is 0 Å². The van der Waals surface area contributed by atoms with Crippen LogP contribution in [0.4, 0.5) is 0 Å². The molecule has 1 spiro atoms. The second-order valence-electron chi connectivity index (χ2n) is 11.0. The Morgan fingerprint density at radius 2 is 1.83 bits per heavy atom. The van der Waals surface area contributed by atoms with E-state index in [9.17, 15) is 9.90 Å². The van der Waals surface area contributed by atoms with Crippen molar-refractivity contribution in [3.63, 3.8) is 0 Å². The minimum absolute atomic E-state index is 0.106. The molecule has 0 radical (unpaired) electrons. The molecule has 1 saturated heterocycles. The third-order valence-electron chi connectivity index (χ3n) is 9.08. The summed E-state index contributed by atoms with van der Waals surface area (Å²) in [6.07, 6.45) is 9.49. The topological polar surface area (TPSA) is 52.6 Å². The van der Waals surface area contributed by atoms with Gasteiger partial charge in [0.25, 0.3) is 0 Å². The third kappa shape index (κ3) is 3.06. The maximum Gasteiger partial charge on any atom is 0.234 e. The molecule has 1 amide bonds. The number of benzene rings is 1. The van der Waals surface area contributed by atoms with Gasteiger partial charge in [0, 0.05) is 18.0 Å². The van der Waals surface area contributed by atoms with E-state index >= 15 is 0 Å². The van der Waals surface area contributed by atoms with E-state index in [1.54, 1.807) is 0 Å². The van der Waals surface area contributed by atoms with Crippen molar-refractivity contribution < 1.29 is 9.90 Å². The fraction of sp³-hybridized carbons (Fsp3) is 0.720. The molecular weight excluding hydrogens is 360 g/mol. The Morgan fingerprint density at radius 1 is 1.10 bits per heavy atom. The number of hydrogen-bond donors (Lipinski definition) is 2. The lowest BCUT2D eigenvalue weighted by molar-refractivity contribution is -0.127. The van der Waals surface area contributed by atoms with Crippen LogP contribution in [0, 0.1) is 29.1 Å². The molecule has 2 N–H and O–H groups in total. The summed E-state index contributed by atoms with van der Waals surface area (Å²) >= 11 is 0. The summed E-state index contributed by atoms with van der Waals surface area (Å²) < 4.78 is 0. The highest BCUT2D eigenvalue weighted by molar-refractivity contribution is 5.78. The van der Waals surface area contributed by atoms with Gasteiger partial charge in [-0.2, -0.15) is 0 Å². The number of carbonyl (C=O) groups excluding carboxylic acids is 1. The Hall–Kier alpha value is -1.39. The molecule has 4 saturated carbocycles. The van der Waals surface area contributed by atoms with Crippen molar-refractivity contribution in [3.8, 4) is 0 Å². The predicted octanol–water partition coefficient (Wildman–Crippen LogP) is 3.30. The molecule has 156 valence electrons. The van der Waals surface area contributed by atoms with Gasteiger partial charge < -0.3 is 10.4 Å².